The topological polar surface area (TPSA) is 69.7 Å². The summed E-state index contributed by atoms with van der Waals surface area (Å²) in [5.74, 6) is -0.374. The molecule has 7 heteroatoms. The molecule has 1 aliphatic heterocycles. The highest BCUT2D eigenvalue weighted by atomic mass is 32.2. The highest BCUT2D eigenvalue weighted by Crippen LogP contribution is 2.23. The maximum Gasteiger partial charge on any atom is 0.245 e. The van der Waals surface area contributed by atoms with Gasteiger partial charge in [-0.1, -0.05) is 36.8 Å². The van der Waals surface area contributed by atoms with Crippen LogP contribution >= 0.6 is 0 Å². The Morgan fingerprint density at radius 2 is 1.83 bits per heavy atom. The van der Waals surface area contributed by atoms with Crippen LogP contribution in [0, 0.1) is 6.92 Å². The van der Waals surface area contributed by atoms with E-state index in [1.54, 1.807) is 12.1 Å². The molecular formula is C23H31N3O3S. The number of sulfonamides is 1. The fourth-order valence-corrected chi connectivity index (χ4v) is 4.79. The largest absolute Gasteiger partial charge is 0.325 e. The van der Waals surface area contributed by atoms with Crippen LogP contribution in [-0.4, -0.2) is 44.6 Å². The molecule has 2 aromatic carbocycles. The second-order valence-electron chi connectivity index (χ2n) is 8.12. The Morgan fingerprint density at radius 1 is 1.13 bits per heavy atom. The van der Waals surface area contributed by atoms with Crippen molar-refractivity contribution in [3.8, 4) is 0 Å². The summed E-state index contributed by atoms with van der Waals surface area (Å²) in [6.07, 6.45) is 4.90. The summed E-state index contributed by atoms with van der Waals surface area (Å²) < 4.78 is 25.7. The molecule has 0 aliphatic carbocycles. The van der Waals surface area contributed by atoms with E-state index in [1.165, 1.54) is 24.8 Å². The highest BCUT2D eigenvalue weighted by Gasteiger charge is 2.22. The average Bonchev–Trinajstić information content (AvgIpc) is 2.69. The van der Waals surface area contributed by atoms with Crippen LogP contribution in [-0.2, 0) is 21.4 Å². The number of amides is 1. The average molecular weight is 430 g/mol. The van der Waals surface area contributed by atoms with E-state index in [0.29, 0.717) is 17.4 Å². The van der Waals surface area contributed by atoms with Crippen molar-refractivity contribution in [3.05, 3.63) is 59.7 Å². The lowest BCUT2D eigenvalue weighted by molar-refractivity contribution is -0.114. The van der Waals surface area contributed by atoms with Gasteiger partial charge in [-0.15, -0.1) is 0 Å². The van der Waals surface area contributed by atoms with Gasteiger partial charge in [-0.3, -0.25) is 14.0 Å². The van der Waals surface area contributed by atoms with Gasteiger partial charge < -0.3 is 5.32 Å². The molecule has 1 atom stereocenters. The molecule has 0 aromatic heterocycles. The Hall–Kier alpha value is -2.38. The zero-order valence-electron chi connectivity index (χ0n) is 18.0. The fourth-order valence-electron chi connectivity index (χ4n) is 3.88. The zero-order chi connectivity index (χ0) is 21.7. The van der Waals surface area contributed by atoms with Crippen LogP contribution in [0.2, 0.25) is 0 Å². The van der Waals surface area contributed by atoms with Gasteiger partial charge in [0.1, 0.15) is 6.54 Å². The van der Waals surface area contributed by atoms with Crippen molar-refractivity contribution < 1.29 is 13.2 Å². The van der Waals surface area contributed by atoms with E-state index in [2.05, 4.69) is 17.1 Å². The smallest absolute Gasteiger partial charge is 0.245 e. The van der Waals surface area contributed by atoms with E-state index in [9.17, 15) is 13.2 Å². The summed E-state index contributed by atoms with van der Waals surface area (Å²) in [5, 5.41) is 2.81. The number of rotatable bonds is 7. The molecule has 6 nitrogen and oxygen atoms in total. The molecule has 2 aromatic rings. The molecule has 1 unspecified atom stereocenters. The summed E-state index contributed by atoms with van der Waals surface area (Å²) in [7, 11) is -3.59. The van der Waals surface area contributed by atoms with Crippen molar-refractivity contribution in [1.82, 2.24) is 4.90 Å². The third-order valence-electron chi connectivity index (χ3n) is 5.64. The quantitative estimate of drug-likeness (QED) is 0.727. The normalized spacial score (nSPS) is 17.5. The Bertz CT molecular complexity index is 973. The first-order chi connectivity index (χ1) is 14.2. The number of benzene rings is 2. The van der Waals surface area contributed by atoms with Crippen molar-refractivity contribution in [2.45, 2.75) is 45.7 Å². The first-order valence-electron chi connectivity index (χ1n) is 10.4. The molecule has 1 saturated heterocycles. The molecule has 3 rings (SSSR count). The molecule has 1 amide bonds. The molecule has 162 valence electrons. The second kappa shape index (κ2) is 9.62. The van der Waals surface area contributed by atoms with E-state index < -0.39 is 10.0 Å². The summed E-state index contributed by atoms with van der Waals surface area (Å²) in [4.78, 5) is 15.1. The molecule has 1 fully saturated rings. The number of hydrogen-bond donors (Lipinski definition) is 1. The lowest BCUT2D eigenvalue weighted by Gasteiger charge is -2.33. The molecule has 0 saturated carbocycles. The fraction of sp³-hybridized carbons (Fsp3) is 0.435. The number of piperidine rings is 1. The molecule has 1 heterocycles. The SMILES string of the molecule is Cc1ccccc1N(CC(=O)Nc1ccc(CN2CCCCC2C)cc1)S(C)(=O)=O. The van der Waals surface area contributed by atoms with Crippen molar-refractivity contribution >= 4 is 27.3 Å². The Balaban J connectivity index is 1.64. The van der Waals surface area contributed by atoms with E-state index in [0.717, 1.165) is 29.2 Å². The number of aryl methyl sites for hydroxylation is 1. The maximum absolute atomic E-state index is 12.6. The van der Waals surface area contributed by atoms with Gasteiger partial charge in [0, 0.05) is 18.3 Å². The molecule has 0 bridgehead atoms. The van der Waals surface area contributed by atoms with Gasteiger partial charge in [-0.05, 0) is 62.6 Å². The van der Waals surface area contributed by atoms with Gasteiger partial charge in [0.15, 0.2) is 0 Å². The monoisotopic (exact) mass is 429 g/mol. The van der Waals surface area contributed by atoms with Crippen molar-refractivity contribution in [2.75, 3.05) is 29.0 Å². The summed E-state index contributed by atoms with van der Waals surface area (Å²) in [6, 6.07) is 15.5. The first kappa shape index (κ1) is 22.3. The predicted molar refractivity (Wildman–Crippen MR) is 122 cm³/mol. The molecule has 0 radical (unpaired) electrons. The van der Waals surface area contributed by atoms with Gasteiger partial charge in [0.2, 0.25) is 15.9 Å². The summed E-state index contributed by atoms with van der Waals surface area (Å²) >= 11 is 0. The van der Waals surface area contributed by atoms with Crippen LogP contribution in [0.4, 0.5) is 11.4 Å². The first-order valence-corrected chi connectivity index (χ1v) is 12.2. The van der Waals surface area contributed by atoms with Crippen LogP contribution in [0.1, 0.15) is 37.3 Å². The zero-order valence-corrected chi connectivity index (χ0v) is 18.8. The number of carbonyl (C=O) groups excluding carboxylic acids is 1. The third kappa shape index (κ3) is 5.83. The number of hydrogen-bond acceptors (Lipinski definition) is 4. The van der Waals surface area contributed by atoms with Crippen molar-refractivity contribution in [2.24, 2.45) is 0 Å². The molecule has 1 aliphatic rings. The van der Waals surface area contributed by atoms with E-state index in [-0.39, 0.29) is 12.5 Å². The van der Waals surface area contributed by atoms with Crippen LogP contribution in [0.25, 0.3) is 0 Å². The van der Waals surface area contributed by atoms with Crippen LogP contribution < -0.4 is 9.62 Å². The lowest BCUT2D eigenvalue weighted by atomic mass is 10.0. The Morgan fingerprint density at radius 3 is 2.47 bits per heavy atom. The second-order valence-corrected chi connectivity index (χ2v) is 10.0. The minimum absolute atomic E-state index is 0.267. The number of anilines is 2. The van der Waals surface area contributed by atoms with Gasteiger partial charge in [0.05, 0.1) is 11.9 Å². The summed E-state index contributed by atoms with van der Waals surface area (Å²) in [6.45, 7) is 5.87. The van der Waals surface area contributed by atoms with Crippen molar-refractivity contribution in [3.63, 3.8) is 0 Å². The molecular weight excluding hydrogens is 398 g/mol. The number of nitrogens with one attached hydrogen (secondary N) is 1. The van der Waals surface area contributed by atoms with E-state index >= 15 is 0 Å². The third-order valence-corrected chi connectivity index (χ3v) is 6.76. The highest BCUT2D eigenvalue weighted by molar-refractivity contribution is 7.92. The van der Waals surface area contributed by atoms with Gasteiger partial charge in [-0.2, -0.15) is 0 Å². The molecule has 30 heavy (non-hydrogen) atoms. The van der Waals surface area contributed by atoms with Crippen LogP contribution in [0.5, 0.6) is 0 Å². The van der Waals surface area contributed by atoms with Gasteiger partial charge >= 0.3 is 0 Å². The summed E-state index contributed by atoms with van der Waals surface area (Å²) in [5.41, 5.74) is 3.18. The minimum atomic E-state index is -3.59. The Labute approximate surface area is 179 Å². The van der Waals surface area contributed by atoms with Crippen molar-refractivity contribution in [1.29, 1.82) is 0 Å². The van der Waals surface area contributed by atoms with E-state index in [4.69, 9.17) is 0 Å². The van der Waals surface area contributed by atoms with Crippen LogP contribution in [0.15, 0.2) is 48.5 Å². The molecule has 0 spiro atoms. The van der Waals surface area contributed by atoms with Gasteiger partial charge in [0.25, 0.3) is 0 Å². The minimum Gasteiger partial charge on any atom is -0.325 e. The maximum atomic E-state index is 12.6. The predicted octanol–water partition coefficient (Wildman–Crippen LogP) is 3.77. The van der Waals surface area contributed by atoms with E-state index in [1.807, 2.05) is 43.3 Å². The molecule has 1 N–H and O–H groups in total. The van der Waals surface area contributed by atoms with Crippen LogP contribution in [0.3, 0.4) is 0 Å². The standard InChI is InChI=1S/C23H31N3O3S/c1-18-8-4-5-10-22(18)26(30(3,28)29)17-23(27)24-21-13-11-20(12-14-21)16-25-15-7-6-9-19(25)2/h4-5,8,10-14,19H,6-7,9,15-17H2,1-3H3,(H,24,27). The number of carbonyl (C=O) groups is 1. The number of likely N-dealkylation sites (tertiary alicyclic amines) is 1. The van der Waals surface area contributed by atoms with Gasteiger partial charge in [-0.25, -0.2) is 8.42 Å². The lowest BCUT2D eigenvalue weighted by Crippen LogP contribution is -2.37. The Kier molecular flexibility index (Phi) is 7.15. The number of nitrogens with zero attached hydrogens (tertiary/aromatic N) is 2. The number of para-hydroxylation sites is 1.